The molecule has 0 aromatic rings. The van der Waals surface area contributed by atoms with Gasteiger partial charge in [-0.15, -0.1) is 0 Å². The lowest BCUT2D eigenvalue weighted by molar-refractivity contribution is 0.0268. The molecule has 0 aliphatic carbocycles. The Kier molecular flexibility index (Phi) is 8.18. The average Bonchev–Trinajstić information content (AvgIpc) is 2.99. The van der Waals surface area contributed by atoms with Gasteiger partial charge in [-0.05, 0) is 52.1 Å². The van der Waals surface area contributed by atoms with Crippen molar-refractivity contribution >= 4 is 5.96 Å². The number of rotatable bonds is 8. The van der Waals surface area contributed by atoms with E-state index in [1.807, 2.05) is 7.05 Å². The first-order valence-corrected chi connectivity index (χ1v) is 8.61. The van der Waals surface area contributed by atoms with E-state index in [0.29, 0.717) is 6.04 Å². The van der Waals surface area contributed by atoms with Crippen molar-refractivity contribution < 1.29 is 4.74 Å². The summed E-state index contributed by atoms with van der Waals surface area (Å²) < 4.78 is 5.44. The summed E-state index contributed by atoms with van der Waals surface area (Å²) >= 11 is 0. The fourth-order valence-electron chi connectivity index (χ4n) is 2.82. The molecule has 0 aromatic heterocycles. The fraction of sp³-hybridized carbons (Fsp3) is 0.941. The zero-order valence-corrected chi connectivity index (χ0v) is 15.4. The third-order valence-corrected chi connectivity index (χ3v) is 4.36. The van der Waals surface area contributed by atoms with Crippen LogP contribution in [0.3, 0.4) is 0 Å². The normalized spacial score (nSPS) is 18.8. The van der Waals surface area contributed by atoms with E-state index >= 15 is 0 Å². The van der Waals surface area contributed by atoms with E-state index in [-0.39, 0.29) is 5.60 Å². The summed E-state index contributed by atoms with van der Waals surface area (Å²) in [5.74, 6) is 1.58. The van der Waals surface area contributed by atoms with Crippen LogP contribution in [0.5, 0.6) is 0 Å². The Hall–Kier alpha value is -0.810. The van der Waals surface area contributed by atoms with Crippen molar-refractivity contribution in [1.82, 2.24) is 15.5 Å². The highest BCUT2D eigenvalue weighted by Gasteiger charge is 2.23. The molecule has 1 unspecified atom stereocenters. The summed E-state index contributed by atoms with van der Waals surface area (Å²) in [6, 6.07) is 0.594. The monoisotopic (exact) mass is 312 g/mol. The summed E-state index contributed by atoms with van der Waals surface area (Å²) in [4.78, 5) is 6.95. The molecule has 0 aromatic carbocycles. The van der Waals surface area contributed by atoms with E-state index in [2.05, 4.69) is 48.2 Å². The summed E-state index contributed by atoms with van der Waals surface area (Å²) in [5.41, 5.74) is -0.191. The van der Waals surface area contributed by atoms with Crippen LogP contribution in [-0.2, 0) is 4.74 Å². The zero-order chi connectivity index (χ0) is 16.6. The Balaban J connectivity index is 2.47. The molecule has 5 heteroatoms. The van der Waals surface area contributed by atoms with Crippen LogP contribution in [0.1, 0.15) is 47.0 Å². The third kappa shape index (κ3) is 6.97. The number of guanidine groups is 1. The molecule has 1 aliphatic heterocycles. The van der Waals surface area contributed by atoms with Gasteiger partial charge in [0.2, 0.25) is 0 Å². The van der Waals surface area contributed by atoms with Crippen molar-refractivity contribution in [2.75, 3.05) is 40.3 Å². The van der Waals surface area contributed by atoms with Gasteiger partial charge < -0.3 is 15.4 Å². The van der Waals surface area contributed by atoms with Gasteiger partial charge >= 0.3 is 0 Å². The van der Waals surface area contributed by atoms with Crippen molar-refractivity contribution in [3.8, 4) is 0 Å². The quantitative estimate of drug-likeness (QED) is 0.532. The van der Waals surface area contributed by atoms with Gasteiger partial charge in [0.05, 0.1) is 5.60 Å². The minimum Gasteiger partial charge on any atom is -0.377 e. The van der Waals surface area contributed by atoms with Crippen LogP contribution in [0.4, 0.5) is 0 Å². The molecule has 0 amide bonds. The van der Waals surface area contributed by atoms with Gasteiger partial charge in [-0.1, -0.05) is 13.8 Å². The van der Waals surface area contributed by atoms with Gasteiger partial charge in [-0.2, -0.15) is 0 Å². The van der Waals surface area contributed by atoms with E-state index in [4.69, 9.17) is 4.74 Å². The Labute approximate surface area is 136 Å². The van der Waals surface area contributed by atoms with Crippen LogP contribution in [0.25, 0.3) is 0 Å². The standard InChI is InChI=1S/C17H36N4O/c1-14(2)11-15(21-9-7-8-10-21)12-19-16(18-5)20-13-17(3,4)22-6/h14-15H,7-13H2,1-6H3,(H2,18,19,20). The second kappa shape index (κ2) is 9.36. The van der Waals surface area contributed by atoms with E-state index < -0.39 is 0 Å². The van der Waals surface area contributed by atoms with Crippen molar-refractivity contribution in [3.63, 3.8) is 0 Å². The maximum Gasteiger partial charge on any atom is 0.191 e. The predicted octanol–water partition coefficient (Wildman–Crippen LogP) is 2.09. The highest BCUT2D eigenvalue weighted by molar-refractivity contribution is 5.79. The van der Waals surface area contributed by atoms with E-state index in [1.54, 1.807) is 7.11 Å². The molecular weight excluding hydrogens is 276 g/mol. The number of nitrogens with zero attached hydrogens (tertiary/aromatic N) is 2. The molecule has 2 N–H and O–H groups in total. The van der Waals surface area contributed by atoms with Gasteiger partial charge in [0.1, 0.15) is 0 Å². The first kappa shape index (κ1) is 19.2. The van der Waals surface area contributed by atoms with Crippen LogP contribution in [0.15, 0.2) is 4.99 Å². The number of nitrogens with one attached hydrogen (secondary N) is 2. The molecule has 1 saturated heterocycles. The van der Waals surface area contributed by atoms with Crippen LogP contribution >= 0.6 is 0 Å². The molecule has 22 heavy (non-hydrogen) atoms. The molecule has 0 radical (unpaired) electrons. The molecular formula is C17H36N4O. The van der Waals surface area contributed by atoms with Gasteiger partial charge in [-0.3, -0.25) is 9.89 Å². The van der Waals surface area contributed by atoms with Crippen LogP contribution in [0.2, 0.25) is 0 Å². The molecule has 1 aliphatic rings. The lowest BCUT2D eigenvalue weighted by atomic mass is 10.0. The van der Waals surface area contributed by atoms with Gasteiger partial charge in [0, 0.05) is 33.3 Å². The topological polar surface area (TPSA) is 48.9 Å². The summed E-state index contributed by atoms with van der Waals surface area (Å²) in [6.45, 7) is 12.9. The zero-order valence-electron chi connectivity index (χ0n) is 15.4. The van der Waals surface area contributed by atoms with E-state index in [0.717, 1.165) is 25.0 Å². The molecule has 0 bridgehead atoms. The maximum absolute atomic E-state index is 5.44. The maximum atomic E-state index is 5.44. The minimum absolute atomic E-state index is 0.191. The second-order valence-electron chi connectivity index (χ2n) is 7.30. The number of likely N-dealkylation sites (tertiary alicyclic amines) is 1. The summed E-state index contributed by atoms with van der Waals surface area (Å²) in [6.07, 6.45) is 3.90. The van der Waals surface area contributed by atoms with Crippen molar-refractivity contribution in [1.29, 1.82) is 0 Å². The molecule has 1 fully saturated rings. The van der Waals surface area contributed by atoms with Gasteiger partial charge in [0.15, 0.2) is 5.96 Å². The molecule has 130 valence electrons. The SMILES string of the molecule is CN=C(NCC(CC(C)C)N1CCCC1)NCC(C)(C)OC. The summed E-state index contributed by atoms with van der Waals surface area (Å²) in [7, 11) is 3.56. The number of hydrogen-bond donors (Lipinski definition) is 2. The lowest BCUT2D eigenvalue weighted by Crippen LogP contribution is -2.49. The Morgan fingerprint density at radius 2 is 1.86 bits per heavy atom. The van der Waals surface area contributed by atoms with Crippen molar-refractivity contribution in [2.45, 2.75) is 58.6 Å². The van der Waals surface area contributed by atoms with Gasteiger partial charge in [-0.25, -0.2) is 0 Å². The number of aliphatic imine (C=N–C) groups is 1. The van der Waals surface area contributed by atoms with E-state index in [1.165, 1.54) is 32.4 Å². The average molecular weight is 313 g/mol. The summed E-state index contributed by atoms with van der Waals surface area (Å²) in [5, 5.41) is 6.85. The second-order valence-corrected chi connectivity index (χ2v) is 7.30. The fourth-order valence-corrected chi connectivity index (χ4v) is 2.82. The largest absolute Gasteiger partial charge is 0.377 e. The number of ether oxygens (including phenoxy) is 1. The number of hydrogen-bond acceptors (Lipinski definition) is 3. The molecule has 1 heterocycles. The van der Waals surface area contributed by atoms with Crippen molar-refractivity contribution in [2.24, 2.45) is 10.9 Å². The Bertz CT molecular complexity index is 336. The third-order valence-electron chi connectivity index (χ3n) is 4.36. The molecule has 0 saturated carbocycles. The first-order valence-electron chi connectivity index (χ1n) is 8.61. The van der Waals surface area contributed by atoms with Gasteiger partial charge in [0.25, 0.3) is 0 Å². The molecule has 1 atom stereocenters. The first-order chi connectivity index (χ1) is 10.4. The minimum atomic E-state index is -0.191. The van der Waals surface area contributed by atoms with Crippen LogP contribution in [0, 0.1) is 5.92 Å². The van der Waals surface area contributed by atoms with Crippen LogP contribution in [-0.4, -0.2) is 62.8 Å². The predicted molar refractivity (Wildman–Crippen MR) is 94.5 cm³/mol. The lowest BCUT2D eigenvalue weighted by Gasteiger charge is -2.30. The van der Waals surface area contributed by atoms with Crippen LogP contribution < -0.4 is 10.6 Å². The molecule has 1 rings (SSSR count). The Morgan fingerprint density at radius 3 is 2.36 bits per heavy atom. The number of methoxy groups -OCH3 is 1. The highest BCUT2D eigenvalue weighted by atomic mass is 16.5. The molecule has 0 spiro atoms. The smallest absolute Gasteiger partial charge is 0.191 e. The molecule has 5 nitrogen and oxygen atoms in total. The Morgan fingerprint density at radius 1 is 1.23 bits per heavy atom. The highest BCUT2D eigenvalue weighted by Crippen LogP contribution is 2.17. The van der Waals surface area contributed by atoms with Crippen molar-refractivity contribution in [3.05, 3.63) is 0 Å². The van der Waals surface area contributed by atoms with E-state index in [9.17, 15) is 0 Å².